The molecular weight excluding hydrogens is 310 g/mol. The topological polar surface area (TPSA) is 29.5 Å². The molecule has 1 atom stereocenters. The van der Waals surface area contributed by atoms with Crippen LogP contribution in [0.25, 0.3) is 0 Å². The van der Waals surface area contributed by atoms with E-state index in [-0.39, 0.29) is 5.97 Å². The molecule has 25 heavy (non-hydrogen) atoms. The van der Waals surface area contributed by atoms with Gasteiger partial charge in [-0.15, -0.1) is 6.42 Å². The van der Waals surface area contributed by atoms with Crippen molar-refractivity contribution >= 4 is 5.97 Å². The third-order valence-electron chi connectivity index (χ3n) is 4.89. The lowest BCUT2D eigenvalue weighted by Gasteiger charge is -2.32. The molecule has 0 aliphatic heterocycles. The average molecular weight is 333 g/mol. The Balaban J connectivity index is 1.71. The number of carbonyl (C=O) groups is 1. The molecule has 0 saturated carbocycles. The van der Waals surface area contributed by atoms with Crippen molar-refractivity contribution in [3.8, 4) is 12.3 Å². The first-order chi connectivity index (χ1) is 12.2. The van der Waals surface area contributed by atoms with E-state index >= 15 is 0 Å². The van der Waals surface area contributed by atoms with Crippen molar-refractivity contribution in [1.29, 1.82) is 0 Å². The molecule has 1 aliphatic carbocycles. The molecule has 3 nitrogen and oxygen atoms in total. The van der Waals surface area contributed by atoms with Crippen LogP contribution >= 0.6 is 0 Å². The van der Waals surface area contributed by atoms with Crippen LogP contribution in [-0.2, 0) is 24.2 Å². The Morgan fingerprint density at radius 1 is 1.24 bits per heavy atom. The predicted octanol–water partition coefficient (Wildman–Crippen LogP) is 3.47. The van der Waals surface area contributed by atoms with Crippen LogP contribution < -0.4 is 0 Å². The lowest BCUT2D eigenvalue weighted by molar-refractivity contribution is 0.0471. The van der Waals surface area contributed by atoms with E-state index in [2.05, 4.69) is 36.1 Å². The Kier molecular flexibility index (Phi) is 5.53. The molecule has 128 valence electrons. The molecule has 0 saturated heterocycles. The minimum absolute atomic E-state index is 0.282. The lowest BCUT2D eigenvalue weighted by Crippen LogP contribution is -2.37. The van der Waals surface area contributed by atoms with Gasteiger partial charge in [0.05, 0.1) is 12.1 Å². The normalized spacial score (nSPS) is 16.1. The monoisotopic (exact) mass is 333 g/mol. The Morgan fingerprint density at radius 2 is 2.04 bits per heavy atom. The Morgan fingerprint density at radius 3 is 2.80 bits per heavy atom. The number of carbonyl (C=O) groups excluding carboxylic acids is 1. The molecule has 2 aromatic carbocycles. The SMILES string of the molecule is C#CCN(C)C1CCc2cccc(COC(=O)c3ccccc3)c2C1. The number of hydrogen-bond donors (Lipinski definition) is 0. The quantitative estimate of drug-likeness (QED) is 0.620. The number of rotatable bonds is 5. The molecule has 0 amide bonds. The van der Waals surface area contributed by atoms with E-state index in [0.717, 1.165) is 24.8 Å². The van der Waals surface area contributed by atoms with E-state index in [9.17, 15) is 4.79 Å². The van der Waals surface area contributed by atoms with Gasteiger partial charge < -0.3 is 4.74 Å². The summed E-state index contributed by atoms with van der Waals surface area (Å²) in [6.45, 7) is 0.966. The summed E-state index contributed by atoms with van der Waals surface area (Å²) >= 11 is 0. The third-order valence-corrected chi connectivity index (χ3v) is 4.89. The summed E-state index contributed by atoms with van der Waals surface area (Å²) in [7, 11) is 2.08. The summed E-state index contributed by atoms with van der Waals surface area (Å²) in [4.78, 5) is 14.4. The number of aryl methyl sites for hydroxylation is 1. The second-order valence-corrected chi connectivity index (χ2v) is 6.51. The number of benzene rings is 2. The number of nitrogens with zero attached hydrogens (tertiary/aromatic N) is 1. The van der Waals surface area contributed by atoms with Gasteiger partial charge in [0.25, 0.3) is 0 Å². The largest absolute Gasteiger partial charge is 0.457 e. The maximum absolute atomic E-state index is 12.2. The highest BCUT2D eigenvalue weighted by Gasteiger charge is 2.23. The molecule has 0 spiro atoms. The number of hydrogen-bond acceptors (Lipinski definition) is 3. The number of likely N-dealkylation sites (N-methyl/N-ethyl adjacent to an activating group) is 1. The molecule has 3 rings (SSSR count). The molecule has 0 N–H and O–H groups in total. The first-order valence-corrected chi connectivity index (χ1v) is 8.64. The first kappa shape index (κ1) is 17.3. The molecule has 3 heteroatoms. The molecule has 1 unspecified atom stereocenters. The van der Waals surface area contributed by atoms with Gasteiger partial charge in [0.1, 0.15) is 6.61 Å². The van der Waals surface area contributed by atoms with E-state index in [1.54, 1.807) is 12.1 Å². The summed E-state index contributed by atoms with van der Waals surface area (Å²) in [5.74, 6) is 2.44. The van der Waals surface area contributed by atoms with Crippen molar-refractivity contribution in [2.75, 3.05) is 13.6 Å². The van der Waals surface area contributed by atoms with Crippen LogP contribution in [0.3, 0.4) is 0 Å². The smallest absolute Gasteiger partial charge is 0.338 e. The van der Waals surface area contributed by atoms with Gasteiger partial charge in [-0.3, -0.25) is 4.90 Å². The Bertz CT molecular complexity index is 776. The predicted molar refractivity (Wildman–Crippen MR) is 99.3 cm³/mol. The minimum atomic E-state index is -0.282. The number of fused-ring (bicyclic) bond motifs is 1. The zero-order chi connectivity index (χ0) is 17.6. The van der Waals surface area contributed by atoms with Gasteiger partial charge in [0, 0.05) is 6.04 Å². The van der Waals surface area contributed by atoms with Crippen LogP contribution in [0, 0.1) is 12.3 Å². The van der Waals surface area contributed by atoms with E-state index in [1.807, 2.05) is 18.2 Å². The molecule has 0 bridgehead atoms. The van der Waals surface area contributed by atoms with Crippen molar-refractivity contribution < 1.29 is 9.53 Å². The molecule has 0 fully saturated rings. The van der Waals surface area contributed by atoms with E-state index in [0.29, 0.717) is 24.8 Å². The second-order valence-electron chi connectivity index (χ2n) is 6.51. The molecule has 0 radical (unpaired) electrons. The van der Waals surface area contributed by atoms with E-state index in [1.165, 1.54) is 11.1 Å². The van der Waals surface area contributed by atoms with Gasteiger partial charge in [0.15, 0.2) is 0 Å². The van der Waals surface area contributed by atoms with Gasteiger partial charge >= 0.3 is 5.97 Å². The highest BCUT2D eigenvalue weighted by molar-refractivity contribution is 5.89. The number of ether oxygens (including phenoxy) is 1. The van der Waals surface area contributed by atoms with Gasteiger partial charge in [-0.2, -0.15) is 0 Å². The van der Waals surface area contributed by atoms with E-state index in [4.69, 9.17) is 11.2 Å². The Labute approximate surface area is 149 Å². The van der Waals surface area contributed by atoms with Crippen molar-refractivity contribution in [3.63, 3.8) is 0 Å². The average Bonchev–Trinajstić information content (AvgIpc) is 2.66. The van der Waals surface area contributed by atoms with Gasteiger partial charge in [-0.25, -0.2) is 4.79 Å². The second kappa shape index (κ2) is 8.00. The van der Waals surface area contributed by atoms with Crippen LogP contribution in [0.5, 0.6) is 0 Å². The van der Waals surface area contributed by atoms with Gasteiger partial charge in [-0.05, 0) is 55.1 Å². The number of terminal acetylenes is 1. The fraction of sp³-hybridized carbons (Fsp3) is 0.318. The van der Waals surface area contributed by atoms with Crippen LogP contribution in [0.4, 0.5) is 0 Å². The molecule has 0 heterocycles. The zero-order valence-electron chi connectivity index (χ0n) is 14.6. The Hall–Kier alpha value is -2.57. The number of esters is 1. The van der Waals surface area contributed by atoms with Crippen LogP contribution in [0.2, 0.25) is 0 Å². The minimum Gasteiger partial charge on any atom is -0.457 e. The highest BCUT2D eigenvalue weighted by atomic mass is 16.5. The summed E-state index contributed by atoms with van der Waals surface area (Å²) in [5, 5.41) is 0. The first-order valence-electron chi connectivity index (χ1n) is 8.64. The lowest BCUT2D eigenvalue weighted by atomic mass is 9.85. The standard InChI is InChI=1S/C22H23NO2/c1-3-14-23(2)20-13-12-17-10-7-11-19(21(17)15-20)16-25-22(24)18-8-5-4-6-9-18/h1,4-11,20H,12-16H2,2H3. The highest BCUT2D eigenvalue weighted by Crippen LogP contribution is 2.27. The zero-order valence-corrected chi connectivity index (χ0v) is 14.6. The maximum atomic E-state index is 12.2. The van der Waals surface area contributed by atoms with Gasteiger partial charge in [-0.1, -0.05) is 42.3 Å². The molecule has 0 aromatic heterocycles. The van der Waals surface area contributed by atoms with Crippen molar-refractivity contribution in [2.45, 2.75) is 31.9 Å². The van der Waals surface area contributed by atoms with Crippen molar-refractivity contribution in [3.05, 3.63) is 70.8 Å². The molecular formula is C22H23NO2. The van der Waals surface area contributed by atoms with Gasteiger partial charge in [0.2, 0.25) is 0 Å². The van der Waals surface area contributed by atoms with E-state index < -0.39 is 0 Å². The fourth-order valence-corrected chi connectivity index (χ4v) is 3.43. The fourth-order valence-electron chi connectivity index (χ4n) is 3.43. The van der Waals surface area contributed by atoms with Crippen LogP contribution in [0.1, 0.15) is 33.5 Å². The van der Waals surface area contributed by atoms with Crippen molar-refractivity contribution in [1.82, 2.24) is 4.90 Å². The van der Waals surface area contributed by atoms with Crippen LogP contribution in [-0.4, -0.2) is 30.5 Å². The summed E-state index contributed by atoms with van der Waals surface area (Å²) in [5.41, 5.74) is 4.35. The summed E-state index contributed by atoms with van der Waals surface area (Å²) in [6.07, 6.45) is 8.55. The maximum Gasteiger partial charge on any atom is 0.338 e. The molecule has 1 aliphatic rings. The third kappa shape index (κ3) is 4.10. The van der Waals surface area contributed by atoms with Crippen LogP contribution in [0.15, 0.2) is 48.5 Å². The molecule has 2 aromatic rings. The summed E-state index contributed by atoms with van der Waals surface area (Å²) in [6, 6.07) is 15.8. The summed E-state index contributed by atoms with van der Waals surface area (Å²) < 4.78 is 5.54. The van der Waals surface area contributed by atoms with Crippen molar-refractivity contribution in [2.24, 2.45) is 0 Å².